The first kappa shape index (κ1) is 19.6. The molecule has 0 saturated heterocycles. The molecule has 0 radical (unpaired) electrons. The number of aliphatic hydroxyl groups is 1. The first-order valence-electron chi connectivity index (χ1n) is 8.79. The normalized spacial score (nSPS) is 12.1. The van der Waals surface area contributed by atoms with Gasteiger partial charge in [-0.1, -0.05) is 18.2 Å². The van der Waals surface area contributed by atoms with Gasteiger partial charge in [-0.25, -0.2) is 14.8 Å². The molecular weight excluding hydrogens is 364 g/mol. The summed E-state index contributed by atoms with van der Waals surface area (Å²) in [5.74, 6) is 0.854. The number of carbonyl (C=O) groups is 1. The average molecular weight is 386 g/mol. The van der Waals surface area contributed by atoms with E-state index in [1.807, 2.05) is 30.3 Å². The molecule has 0 aliphatic rings. The van der Waals surface area contributed by atoms with Crippen molar-refractivity contribution in [3.63, 3.8) is 0 Å². The Morgan fingerprint density at radius 1 is 1.36 bits per heavy atom. The number of H-pyrrole nitrogens is 1. The maximum Gasteiger partial charge on any atom is 0.405 e. The van der Waals surface area contributed by atoms with Crippen LogP contribution in [-0.4, -0.2) is 58.2 Å². The maximum atomic E-state index is 11.1. The minimum atomic E-state index is -1.18. The number of nitrogens with one attached hydrogen (secondary N) is 2. The summed E-state index contributed by atoms with van der Waals surface area (Å²) in [6.07, 6.45) is 0.899. The number of fused-ring (bicyclic) bond motifs is 1. The van der Waals surface area contributed by atoms with Crippen molar-refractivity contribution in [2.75, 3.05) is 26.9 Å². The summed E-state index contributed by atoms with van der Waals surface area (Å²) in [5, 5.41) is 21.2. The van der Waals surface area contributed by atoms with Gasteiger partial charge >= 0.3 is 6.09 Å². The van der Waals surface area contributed by atoms with Crippen LogP contribution in [0.15, 0.2) is 36.5 Å². The number of hydrogen-bond acceptors (Lipinski definition) is 6. The van der Waals surface area contributed by atoms with Gasteiger partial charge in [-0.05, 0) is 18.6 Å². The Morgan fingerprint density at radius 2 is 2.18 bits per heavy atom. The Hall–Kier alpha value is -3.17. The first-order chi connectivity index (χ1) is 13.6. The standard InChI is InChI=1S/C19H22N4O5/c1-27-18-13(9-12-5-2-3-6-14(12)22-18)15-10-20-17(21-15)16(23-19(25)26)11-28-8-4-7-24/h2-3,5-6,9-10,16,23-24H,4,7-8,11H2,1H3,(H,20,21)(H,25,26). The highest BCUT2D eigenvalue weighted by Crippen LogP contribution is 2.31. The molecule has 0 fully saturated rings. The second-order valence-electron chi connectivity index (χ2n) is 6.07. The van der Waals surface area contributed by atoms with Gasteiger partial charge in [-0.3, -0.25) is 0 Å². The lowest BCUT2D eigenvalue weighted by Gasteiger charge is -2.15. The van der Waals surface area contributed by atoms with Crippen molar-refractivity contribution < 1.29 is 24.5 Å². The molecule has 0 aliphatic heterocycles. The number of nitrogens with zero attached hydrogens (tertiary/aromatic N) is 2. The lowest BCUT2D eigenvalue weighted by atomic mass is 10.1. The van der Waals surface area contributed by atoms with E-state index < -0.39 is 12.1 Å². The van der Waals surface area contributed by atoms with E-state index in [1.165, 1.54) is 0 Å². The van der Waals surface area contributed by atoms with Gasteiger partial charge < -0.3 is 30.0 Å². The van der Waals surface area contributed by atoms with Crippen LogP contribution in [0.1, 0.15) is 18.3 Å². The van der Waals surface area contributed by atoms with E-state index in [9.17, 15) is 4.79 Å². The van der Waals surface area contributed by atoms with Gasteiger partial charge in [0.1, 0.15) is 11.9 Å². The zero-order valence-corrected chi connectivity index (χ0v) is 15.4. The summed E-state index contributed by atoms with van der Waals surface area (Å²) < 4.78 is 10.8. The van der Waals surface area contributed by atoms with Gasteiger partial charge in [0.25, 0.3) is 0 Å². The van der Waals surface area contributed by atoms with E-state index >= 15 is 0 Å². The summed E-state index contributed by atoms with van der Waals surface area (Å²) in [6.45, 7) is 0.424. The zero-order valence-electron chi connectivity index (χ0n) is 15.4. The van der Waals surface area contributed by atoms with Gasteiger partial charge in [0.05, 0.1) is 36.7 Å². The number of imidazole rings is 1. The zero-order chi connectivity index (χ0) is 19.9. The molecule has 1 amide bonds. The van der Waals surface area contributed by atoms with E-state index in [0.29, 0.717) is 30.4 Å². The molecule has 2 heterocycles. The number of carboxylic acid groups (broad SMARTS) is 1. The predicted molar refractivity (Wildman–Crippen MR) is 102 cm³/mol. The number of amides is 1. The van der Waals surface area contributed by atoms with Gasteiger partial charge in [0.2, 0.25) is 5.88 Å². The molecule has 9 nitrogen and oxygen atoms in total. The van der Waals surface area contributed by atoms with E-state index in [2.05, 4.69) is 20.3 Å². The summed E-state index contributed by atoms with van der Waals surface area (Å²) in [4.78, 5) is 23.1. The van der Waals surface area contributed by atoms with Gasteiger partial charge in [0.15, 0.2) is 0 Å². The topological polar surface area (TPSA) is 130 Å². The van der Waals surface area contributed by atoms with Gasteiger partial charge in [-0.2, -0.15) is 0 Å². The van der Waals surface area contributed by atoms with Crippen molar-refractivity contribution in [1.29, 1.82) is 0 Å². The molecule has 0 spiro atoms. The number of aromatic nitrogens is 3. The van der Waals surface area contributed by atoms with Gasteiger partial charge in [0, 0.05) is 18.6 Å². The van der Waals surface area contributed by atoms with Crippen molar-refractivity contribution in [2.45, 2.75) is 12.5 Å². The van der Waals surface area contributed by atoms with Crippen LogP contribution in [-0.2, 0) is 4.74 Å². The Balaban J connectivity index is 1.88. The molecule has 0 bridgehead atoms. The first-order valence-corrected chi connectivity index (χ1v) is 8.79. The second-order valence-corrected chi connectivity index (χ2v) is 6.07. The number of methoxy groups -OCH3 is 1. The minimum Gasteiger partial charge on any atom is -0.480 e. The van der Waals surface area contributed by atoms with Crippen LogP contribution in [0.4, 0.5) is 4.79 Å². The minimum absolute atomic E-state index is 0.0106. The van der Waals surface area contributed by atoms with Crippen molar-refractivity contribution in [3.05, 3.63) is 42.4 Å². The lowest BCUT2D eigenvalue weighted by Crippen LogP contribution is -2.31. The molecule has 0 aliphatic carbocycles. The Morgan fingerprint density at radius 3 is 2.93 bits per heavy atom. The Labute approximate surface area is 161 Å². The van der Waals surface area contributed by atoms with E-state index in [-0.39, 0.29) is 13.2 Å². The molecule has 28 heavy (non-hydrogen) atoms. The predicted octanol–water partition coefficient (Wildman–Crippen LogP) is 2.34. The lowest BCUT2D eigenvalue weighted by molar-refractivity contribution is 0.0933. The third kappa shape index (κ3) is 4.56. The smallest absolute Gasteiger partial charge is 0.405 e. The fourth-order valence-electron chi connectivity index (χ4n) is 2.80. The number of benzene rings is 1. The molecule has 1 unspecified atom stereocenters. The number of ether oxygens (including phenoxy) is 2. The van der Waals surface area contributed by atoms with Crippen LogP contribution in [0.2, 0.25) is 0 Å². The monoisotopic (exact) mass is 386 g/mol. The van der Waals surface area contributed by atoms with E-state index in [4.69, 9.17) is 19.7 Å². The molecule has 148 valence electrons. The molecule has 1 aromatic carbocycles. The maximum absolute atomic E-state index is 11.1. The SMILES string of the molecule is COc1nc2ccccc2cc1-c1cnc(C(COCCCO)NC(=O)O)[nH]1. The van der Waals surface area contributed by atoms with E-state index in [0.717, 1.165) is 16.5 Å². The Kier molecular flexibility index (Phi) is 6.41. The number of aliphatic hydroxyl groups excluding tert-OH is 1. The molecular formula is C19H22N4O5. The molecule has 2 aromatic heterocycles. The third-order valence-corrected chi connectivity index (χ3v) is 4.13. The van der Waals surface area contributed by atoms with Crippen LogP contribution in [0.3, 0.4) is 0 Å². The van der Waals surface area contributed by atoms with Crippen LogP contribution < -0.4 is 10.1 Å². The third-order valence-electron chi connectivity index (χ3n) is 4.13. The molecule has 4 N–H and O–H groups in total. The van der Waals surface area contributed by atoms with Crippen molar-refractivity contribution in [2.24, 2.45) is 0 Å². The van der Waals surface area contributed by atoms with Crippen molar-refractivity contribution >= 4 is 17.0 Å². The Bertz CT molecular complexity index is 943. The van der Waals surface area contributed by atoms with Crippen molar-refractivity contribution in [3.8, 4) is 17.1 Å². The average Bonchev–Trinajstić information content (AvgIpc) is 3.19. The fourth-order valence-corrected chi connectivity index (χ4v) is 2.80. The molecule has 1 atom stereocenters. The quantitative estimate of drug-likeness (QED) is 0.415. The van der Waals surface area contributed by atoms with Crippen molar-refractivity contribution in [1.82, 2.24) is 20.3 Å². The van der Waals surface area contributed by atoms with Crippen LogP contribution in [0, 0.1) is 0 Å². The molecule has 0 saturated carbocycles. The summed E-state index contributed by atoms with van der Waals surface area (Å²) in [6, 6.07) is 8.94. The summed E-state index contributed by atoms with van der Waals surface area (Å²) >= 11 is 0. The fraction of sp³-hybridized carbons (Fsp3) is 0.316. The highest BCUT2D eigenvalue weighted by molar-refractivity contribution is 5.85. The number of aromatic amines is 1. The number of hydrogen-bond donors (Lipinski definition) is 4. The highest BCUT2D eigenvalue weighted by Gasteiger charge is 2.20. The highest BCUT2D eigenvalue weighted by atomic mass is 16.5. The number of pyridine rings is 1. The number of rotatable bonds is 9. The molecule has 9 heteroatoms. The largest absolute Gasteiger partial charge is 0.480 e. The molecule has 3 rings (SSSR count). The summed E-state index contributed by atoms with van der Waals surface area (Å²) in [5.41, 5.74) is 2.18. The van der Waals surface area contributed by atoms with Crippen LogP contribution in [0.25, 0.3) is 22.2 Å². The van der Waals surface area contributed by atoms with E-state index in [1.54, 1.807) is 13.3 Å². The second kappa shape index (κ2) is 9.16. The van der Waals surface area contributed by atoms with Crippen LogP contribution in [0.5, 0.6) is 5.88 Å². The molecule has 3 aromatic rings. The van der Waals surface area contributed by atoms with Crippen LogP contribution >= 0.6 is 0 Å². The van der Waals surface area contributed by atoms with Gasteiger partial charge in [-0.15, -0.1) is 0 Å². The number of para-hydroxylation sites is 1. The summed E-state index contributed by atoms with van der Waals surface area (Å²) in [7, 11) is 1.54.